The summed E-state index contributed by atoms with van der Waals surface area (Å²) in [6, 6.07) is 56.9. The normalized spacial score (nSPS) is 11.7. The number of para-hydroxylation sites is 1. The van der Waals surface area contributed by atoms with Gasteiger partial charge >= 0.3 is 0 Å². The summed E-state index contributed by atoms with van der Waals surface area (Å²) in [4.78, 5) is 0. The molecule has 0 aliphatic rings. The average Bonchev–Trinajstić information content (AvgIpc) is 3.52. The summed E-state index contributed by atoms with van der Waals surface area (Å²) in [5, 5.41) is 13.8. The molecule has 0 bridgehead atoms. The molecule has 0 aliphatic heterocycles. The summed E-state index contributed by atoms with van der Waals surface area (Å²) in [5.41, 5.74) is 9.30. The van der Waals surface area contributed by atoms with Crippen molar-refractivity contribution < 1.29 is 0 Å². The Morgan fingerprint density at radius 3 is 1.58 bits per heavy atom. The van der Waals surface area contributed by atoms with Crippen LogP contribution in [0.25, 0.3) is 82.2 Å². The lowest BCUT2D eigenvalue weighted by Gasteiger charge is -2.18. The largest absolute Gasteiger partial charge is 0.232 e. The molecular formula is C41H26N2. The Labute approximate surface area is 249 Å². The van der Waals surface area contributed by atoms with Gasteiger partial charge in [0, 0.05) is 10.9 Å². The molecular weight excluding hydrogens is 520 g/mol. The van der Waals surface area contributed by atoms with Gasteiger partial charge in [-0.05, 0) is 78.8 Å². The van der Waals surface area contributed by atoms with E-state index in [4.69, 9.17) is 5.10 Å². The molecule has 43 heavy (non-hydrogen) atoms. The summed E-state index contributed by atoms with van der Waals surface area (Å²) in [6.07, 6.45) is 0. The Hall–Kier alpha value is -5.73. The van der Waals surface area contributed by atoms with Crippen LogP contribution in [-0.2, 0) is 0 Å². The molecule has 2 nitrogen and oxygen atoms in total. The van der Waals surface area contributed by atoms with Gasteiger partial charge in [0.15, 0.2) is 0 Å². The van der Waals surface area contributed by atoms with E-state index in [2.05, 4.69) is 158 Å². The quantitative estimate of drug-likeness (QED) is 0.201. The SMILES string of the molecule is c1ccc2cc(-c3c4ccccc4c(-c4ccc(-c5cc6ccc7ccccc7n6n5)cc4)c4ccccc34)ccc2c1. The lowest BCUT2D eigenvalue weighted by Crippen LogP contribution is -1.91. The van der Waals surface area contributed by atoms with Crippen molar-refractivity contribution >= 4 is 48.7 Å². The minimum atomic E-state index is 0.976. The first kappa shape index (κ1) is 23.9. The molecule has 2 aromatic heterocycles. The molecule has 2 heterocycles. The highest BCUT2D eigenvalue weighted by atomic mass is 15.2. The molecule has 200 valence electrons. The van der Waals surface area contributed by atoms with Crippen molar-refractivity contribution in [1.82, 2.24) is 9.61 Å². The maximum atomic E-state index is 5.00. The number of benzene rings is 7. The van der Waals surface area contributed by atoms with Gasteiger partial charge in [-0.15, -0.1) is 0 Å². The van der Waals surface area contributed by atoms with Gasteiger partial charge in [-0.1, -0.05) is 133 Å². The molecule has 0 saturated carbocycles. The van der Waals surface area contributed by atoms with Crippen molar-refractivity contribution in [2.75, 3.05) is 0 Å². The minimum absolute atomic E-state index is 0.976. The predicted octanol–water partition coefficient (Wildman–Crippen LogP) is 10.9. The van der Waals surface area contributed by atoms with E-state index in [1.165, 1.54) is 60.0 Å². The fraction of sp³-hybridized carbons (Fsp3) is 0. The van der Waals surface area contributed by atoms with Crippen LogP contribution in [0.1, 0.15) is 0 Å². The van der Waals surface area contributed by atoms with Crippen molar-refractivity contribution in [3.8, 4) is 33.5 Å². The van der Waals surface area contributed by atoms with Gasteiger partial charge in [-0.25, -0.2) is 4.52 Å². The first-order valence-corrected chi connectivity index (χ1v) is 14.7. The van der Waals surface area contributed by atoms with Gasteiger partial charge in [0.1, 0.15) is 0 Å². The summed E-state index contributed by atoms with van der Waals surface area (Å²) >= 11 is 0. The first-order chi connectivity index (χ1) is 21.3. The van der Waals surface area contributed by atoms with E-state index in [-0.39, 0.29) is 0 Å². The van der Waals surface area contributed by atoms with Gasteiger partial charge in [-0.2, -0.15) is 5.10 Å². The molecule has 0 spiro atoms. The number of rotatable bonds is 3. The number of hydrogen-bond acceptors (Lipinski definition) is 1. The number of nitrogens with zero attached hydrogens (tertiary/aromatic N) is 2. The molecule has 9 aromatic rings. The third kappa shape index (κ3) is 3.77. The molecule has 0 N–H and O–H groups in total. The lowest BCUT2D eigenvalue weighted by molar-refractivity contribution is 1.01. The summed E-state index contributed by atoms with van der Waals surface area (Å²) in [5.74, 6) is 0. The van der Waals surface area contributed by atoms with Crippen molar-refractivity contribution in [1.29, 1.82) is 0 Å². The second-order valence-corrected chi connectivity index (χ2v) is 11.2. The van der Waals surface area contributed by atoms with Gasteiger partial charge in [0.05, 0.1) is 16.7 Å². The summed E-state index contributed by atoms with van der Waals surface area (Å²) in [6.45, 7) is 0. The minimum Gasteiger partial charge on any atom is -0.232 e. The summed E-state index contributed by atoms with van der Waals surface area (Å²) < 4.78 is 2.05. The number of fused-ring (bicyclic) bond motifs is 6. The fourth-order valence-corrected chi connectivity index (χ4v) is 6.75. The fourth-order valence-electron chi connectivity index (χ4n) is 6.75. The van der Waals surface area contributed by atoms with Crippen LogP contribution < -0.4 is 0 Å². The van der Waals surface area contributed by atoms with E-state index in [9.17, 15) is 0 Å². The molecule has 2 heteroatoms. The van der Waals surface area contributed by atoms with Crippen LogP contribution >= 0.6 is 0 Å². The molecule has 0 radical (unpaired) electrons. The Bertz CT molecular complexity index is 2440. The Morgan fingerprint density at radius 2 is 0.884 bits per heavy atom. The second-order valence-electron chi connectivity index (χ2n) is 11.2. The van der Waals surface area contributed by atoms with Gasteiger partial charge in [0.2, 0.25) is 0 Å². The van der Waals surface area contributed by atoms with Crippen LogP contribution in [-0.4, -0.2) is 9.61 Å². The zero-order valence-corrected chi connectivity index (χ0v) is 23.4. The van der Waals surface area contributed by atoms with Crippen molar-refractivity contribution in [3.63, 3.8) is 0 Å². The zero-order valence-electron chi connectivity index (χ0n) is 23.4. The highest BCUT2D eigenvalue weighted by molar-refractivity contribution is 6.21. The van der Waals surface area contributed by atoms with Crippen LogP contribution in [0.5, 0.6) is 0 Å². The summed E-state index contributed by atoms with van der Waals surface area (Å²) in [7, 11) is 0. The third-order valence-corrected chi connectivity index (χ3v) is 8.77. The first-order valence-electron chi connectivity index (χ1n) is 14.7. The van der Waals surface area contributed by atoms with E-state index >= 15 is 0 Å². The van der Waals surface area contributed by atoms with E-state index in [1.54, 1.807) is 0 Å². The van der Waals surface area contributed by atoms with Crippen molar-refractivity contribution in [3.05, 3.63) is 158 Å². The van der Waals surface area contributed by atoms with E-state index in [0.717, 1.165) is 22.3 Å². The van der Waals surface area contributed by atoms with Crippen molar-refractivity contribution in [2.24, 2.45) is 0 Å². The van der Waals surface area contributed by atoms with Crippen LogP contribution in [0.4, 0.5) is 0 Å². The molecule has 7 aromatic carbocycles. The Morgan fingerprint density at radius 1 is 0.372 bits per heavy atom. The molecule has 0 unspecified atom stereocenters. The highest BCUT2D eigenvalue weighted by Gasteiger charge is 2.17. The predicted molar refractivity (Wildman–Crippen MR) is 182 cm³/mol. The lowest BCUT2D eigenvalue weighted by atomic mass is 9.85. The highest BCUT2D eigenvalue weighted by Crippen LogP contribution is 2.44. The molecule has 9 rings (SSSR count). The van der Waals surface area contributed by atoms with Crippen LogP contribution in [0.15, 0.2) is 158 Å². The zero-order chi connectivity index (χ0) is 28.3. The Balaban J connectivity index is 1.23. The number of pyridine rings is 1. The molecule has 0 amide bonds. The third-order valence-electron chi connectivity index (χ3n) is 8.77. The smallest absolute Gasteiger partial charge is 0.0933 e. The van der Waals surface area contributed by atoms with Gasteiger partial charge < -0.3 is 0 Å². The molecule has 0 saturated heterocycles. The molecule has 0 atom stereocenters. The van der Waals surface area contributed by atoms with E-state index in [0.29, 0.717) is 0 Å². The molecule has 0 fully saturated rings. The standard InChI is InChI=1S/C41H26N2/c1-2-11-31-25-32(22-17-27(31)9-1)41-36-14-6-4-12-34(36)40(35-13-5-7-15-37(35)41)30-20-18-28(19-21-30)38-26-33-24-23-29-10-3-8-16-39(29)43(33)42-38/h1-26H. The van der Waals surface area contributed by atoms with Crippen LogP contribution in [0.3, 0.4) is 0 Å². The number of hydrogen-bond donors (Lipinski definition) is 0. The maximum absolute atomic E-state index is 5.00. The maximum Gasteiger partial charge on any atom is 0.0933 e. The van der Waals surface area contributed by atoms with Crippen molar-refractivity contribution in [2.45, 2.75) is 0 Å². The van der Waals surface area contributed by atoms with Gasteiger partial charge in [-0.3, -0.25) is 0 Å². The monoisotopic (exact) mass is 546 g/mol. The van der Waals surface area contributed by atoms with Gasteiger partial charge in [0.25, 0.3) is 0 Å². The topological polar surface area (TPSA) is 17.3 Å². The van der Waals surface area contributed by atoms with Crippen LogP contribution in [0.2, 0.25) is 0 Å². The van der Waals surface area contributed by atoms with Crippen LogP contribution in [0, 0.1) is 0 Å². The van der Waals surface area contributed by atoms with E-state index < -0.39 is 0 Å². The number of aromatic nitrogens is 2. The van der Waals surface area contributed by atoms with E-state index in [1.807, 2.05) is 4.52 Å². The Kier molecular flexibility index (Phi) is 5.23. The average molecular weight is 547 g/mol. The second kappa shape index (κ2) is 9.40. The molecule has 0 aliphatic carbocycles.